The molecule has 2 aromatic rings. The van der Waals surface area contributed by atoms with Gasteiger partial charge in [0.05, 0.1) is 24.2 Å². The van der Waals surface area contributed by atoms with Gasteiger partial charge in [-0.25, -0.2) is 4.98 Å². The summed E-state index contributed by atoms with van der Waals surface area (Å²) >= 11 is 0. The molecule has 3 rings (SSSR count). The molecule has 0 bridgehead atoms. The van der Waals surface area contributed by atoms with E-state index in [0.29, 0.717) is 38.2 Å². The first kappa shape index (κ1) is 21.2. The number of aromatic amines is 1. The van der Waals surface area contributed by atoms with Gasteiger partial charge in [0.15, 0.2) is 0 Å². The van der Waals surface area contributed by atoms with E-state index in [1.807, 2.05) is 35.2 Å². The number of aromatic nitrogens is 1. The summed E-state index contributed by atoms with van der Waals surface area (Å²) in [7, 11) is 0. The lowest BCUT2D eigenvalue weighted by Gasteiger charge is -2.29. The average Bonchev–Trinajstić information content (AvgIpc) is 2.74. The van der Waals surface area contributed by atoms with Crippen molar-refractivity contribution in [3.05, 3.63) is 64.3 Å². The Morgan fingerprint density at radius 2 is 1.90 bits per heavy atom. The number of carbonyl (C=O) groups excluding carboxylic acids is 2. The van der Waals surface area contributed by atoms with Crippen molar-refractivity contribution in [2.45, 2.75) is 38.3 Å². The summed E-state index contributed by atoms with van der Waals surface area (Å²) in [5.41, 5.74) is 1.00. The molecular formula is C21H26N5O4+. The van der Waals surface area contributed by atoms with Crippen molar-refractivity contribution < 1.29 is 19.5 Å². The largest absolute Gasteiger partial charge is 0.357 e. The maximum atomic E-state index is 12.8. The normalized spacial score (nSPS) is 15.3. The van der Waals surface area contributed by atoms with Crippen LogP contribution < -0.4 is 20.5 Å². The van der Waals surface area contributed by atoms with Gasteiger partial charge in [-0.3, -0.25) is 24.6 Å². The predicted molar refractivity (Wildman–Crippen MR) is 111 cm³/mol. The molecule has 1 fully saturated rings. The molecule has 3 N–H and O–H groups in total. The zero-order valence-electron chi connectivity index (χ0n) is 16.8. The third kappa shape index (κ3) is 5.53. The fraction of sp³-hybridized carbons (Fsp3) is 0.381. The number of anilines is 1. The van der Waals surface area contributed by atoms with Crippen LogP contribution in [0.1, 0.15) is 25.3 Å². The van der Waals surface area contributed by atoms with Gasteiger partial charge in [0, 0.05) is 38.3 Å². The fourth-order valence-electron chi connectivity index (χ4n) is 3.67. The van der Waals surface area contributed by atoms with E-state index in [2.05, 4.69) is 15.6 Å². The highest BCUT2D eigenvalue weighted by atomic mass is 16.6. The molecule has 1 aromatic carbocycles. The molecule has 1 aliphatic heterocycles. The molecule has 0 aliphatic carbocycles. The van der Waals surface area contributed by atoms with Crippen LogP contribution in [0.4, 0.5) is 11.5 Å². The van der Waals surface area contributed by atoms with E-state index in [1.54, 1.807) is 12.3 Å². The lowest BCUT2D eigenvalue weighted by Crippen LogP contribution is -2.53. The Morgan fingerprint density at radius 1 is 1.20 bits per heavy atom. The van der Waals surface area contributed by atoms with Crippen LogP contribution in [0.2, 0.25) is 0 Å². The predicted octanol–water partition coefficient (Wildman–Crippen LogP) is 1.24. The molecule has 158 valence electrons. The van der Waals surface area contributed by atoms with Crippen LogP contribution in [-0.2, 0) is 16.0 Å². The summed E-state index contributed by atoms with van der Waals surface area (Å²) < 4.78 is 0. The molecule has 9 nitrogen and oxygen atoms in total. The van der Waals surface area contributed by atoms with Crippen LogP contribution in [0.3, 0.4) is 0 Å². The van der Waals surface area contributed by atoms with E-state index in [9.17, 15) is 19.7 Å². The minimum atomic E-state index is -0.647. The summed E-state index contributed by atoms with van der Waals surface area (Å²) in [5, 5.41) is 17.0. The molecule has 2 amide bonds. The van der Waals surface area contributed by atoms with Gasteiger partial charge in [0.2, 0.25) is 11.8 Å². The minimum Gasteiger partial charge on any atom is -0.351 e. The number of H-pyrrole nitrogens is 1. The van der Waals surface area contributed by atoms with Crippen molar-refractivity contribution in [1.29, 1.82) is 0 Å². The van der Waals surface area contributed by atoms with Crippen molar-refractivity contribution >= 4 is 23.3 Å². The Balaban J connectivity index is 1.59. The third-order valence-electron chi connectivity index (χ3n) is 5.14. The monoisotopic (exact) mass is 412 g/mol. The summed E-state index contributed by atoms with van der Waals surface area (Å²) in [4.78, 5) is 40.1. The maximum Gasteiger partial charge on any atom is 0.357 e. The molecule has 1 aromatic heterocycles. The first-order chi connectivity index (χ1) is 14.4. The van der Waals surface area contributed by atoms with Crippen molar-refractivity contribution in [2.75, 3.05) is 18.0 Å². The number of hydrogen-bond acceptors (Lipinski definition) is 5. The number of rotatable bonds is 7. The second-order valence-electron chi connectivity index (χ2n) is 7.37. The first-order valence-corrected chi connectivity index (χ1v) is 9.95. The number of nitro groups is 1. The number of benzene rings is 1. The number of pyridine rings is 1. The highest BCUT2D eigenvalue weighted by Gasteiger charge is 2.33. The first-order valence-electron chi connectivity index (χ1n) is 9.95. The van der Waals surface area contributed by atoms with Gasteiger partial charge in [-0.15, -0.1) is 0 Å². The van der Waals surface area contributed by atoms with Crippen LogP contribution in [0, 0.1) is 10.1 Å². The van der Waals surface area contributed by atoms with Crippen molar-refractivity contribution in [2.24, 2.45) is 0 Å². The standard InChI is InChI=1S/C21H25N5O4/c1-15(27)23-18(14-16-6-3-2-4-7-16)21(28)24-17-9-12-25(13-10-17)20-19(26(29)30)8-5-11-22-20/h2-8,11,17-18H,9-10,12-14H2,1H3,(H,23,27)(H,24,28)/p+1/t18-/m0/s1. The van der Waals surface area contributed by atoms with Crippen molar-refractivity contribution in [1.82, 2.24) is 10.6 Å². The second kappa shape index (κ2) is 9.82. The zero-order chi connectivity index (χ0) is 21.5. The zero-order valence-corrected chi connectivity index (χ0v) is 16.8. The van der Waals surface area contributed by atoms with Gasteiger partial charge in [-0.05, 0) is 11.6 Å². The van der Waals surface area contributed by atoms with Crippen LogP contribution in [0.15, 0.2) is 48.7 Å². The SMILES string of the molecule is CC(=O)N[C@@H](Cc1ccccc1)C(=O)NC1CCN(c2[nH+]cccc2[N+](=O)[O-])CC1. The molecule has 1 saturated heterocycles. The smallest absolute Gasteiger partial charge is 0.351 e. The van der Waals surface area contributed by atoms with Crippen molar-refractivity contribution in [3.8, 4) is 0 Å². The maximum absolute atomic E-state index is 12.8. The number of nitrogens with zero attached hydrogens (tertiary/aromatic N) is 2. The molecule has 1 atom stereocenters. The number of piperidine rings is 1. The molecule has 1 aliphatic rings. The third-order valence-corrected chi connectivity index (χ3v) is 5.14. The Bertz CT molecular complexity index is 897. The van der Waals surface area contributed by atoms with E-state index in [-0.39, 0.29) is 23.5 Å². The van der Waals surface area contributed by atoms with Gasteiger partial charge in [-0.2, -0.15) is 0 Å². The molecule has 0 radical (unpaired) electrons. The van der Waals surface area contributed by atoms with Crippen LogP contribution >= 0.6 is 0 Å². The molecule has 0 unspecified atom stereocenters. The molecule has 0 spiro atoms. The molecule has 9 heteroatoms. The highest BCUT2D eigenvalue weighted by Crippen LogP contribution is 2.25. The summed E-state index contributed by atoms with van der Waals surface area (Å²) in [6, 6.07) is 11.9. The quantitative estimate of drug-likeness (QED) is 0.524. The number of nitrogens with one attached hydrogen (secondary N) is 3. The van der Waals surface area contributed by atoms with E-state index in [1.165, 1.54) is 13.0 Å². The molecule has 0 saturated carbocycles. The van der Waals surface area contributed by atoms with Crippen LogP contribution in [0.5, 0.6) is 0 Å². The van der Waals surface area contributed by atoms with E-state index >= 15 is 0 Å². The number of hydrogen-bond donors (Lipinski definition) is 2. The topological polar surface area (TPSA) is 119 Å². The van der Waals surface area contributed by atoms with Crippen LogP contribution in [-0.4, -0.2) is 41.9 Å². The number of carbonyl (C=O) groups is 2. The summed E-state index contributed by atoms with van der Waals surface area (Å²) in [6.07, 6.45) is 3.39. The molecule has 2 heterocycles. The minimum absolute atomic E-state index is 0.0357. The van der Waals surface area contributed by atoms with Crippen LogP contribution in [0.25, 0.3) is 0 Å². The Labute approximate surface area is 174 Å². The van der Waals surface area contributed by atoms with Gasteiger partial charge < -0.3 is 10.6 Å². The van der Waals surface area contributed by atoms with Gasteiger partial charge in [0.1, 0.15) is 6.04 Å². The number of amides is 2. The Kier molecular flexibility index (Phi) is 6.95. The molecular weight excluding hydrogens is 386 g/mol. The van der Waals surface area contributed by atoms with Gasteiger partial charge in [0.25, 0.3) is 0 Å². The average molecular weight is 412 g/mol. The van der Waals surface area contributed by atoms with E-state index in [4.69, 9.17) is 0 Å². The summed E-state index contributed by atoms with van der Waals surface area (Å²) in [6.45, 7) is 2.55. The van der Waals surface area contributed by atoms with Gasteiger partial charge >= 0.3 is 11.5 Å². The lowest BCUT2D eigenvalue weighted by molar-refractivity contribution is -0.411. The Hall–Kier alpha value is -3.49. The summed E-state index contributed by atoms with van der Waals surface area (Å²) in [5.74, 6) is 0.00468. The molecule has 30 heavy (non-hydrogen) atoms. The highest BCUT2D eigenvalue weighted by molar-refractivity contribution is 5.87. The van der Waals surface area contributed by atoms with Gasteiger partial charge in [-0.1, -0.05) is 30.3 Å². The van der Waals surface area contributed by atoms with E-state index < -0.39 is 11.0 Å². The fourth-order valence-corrected chi connectivity index (χ4v) is 3.67. The Morgan fingerprint density at radius 3 is 2.53 bits per heavy atom. The second-order valence-corrected chi connectivity index (χ2v) is 7.37. The van der Waals surface area contributed by atoms with Crippen molar-refractivity contribution in [3.63, 3.8) is 0 Å². The lowest BCUT2D eigenvalue weighted by atomic mass is 10.0. The van der Waals surface area contributed by atoms with E-state index in [0.717, 1.165) is 5.56 Å².